The van der Waals surface area contributed by atoms with Crippen molar-refractivity contribution in [1.82, 2.24) is 9.69 Å². The van der Waals surface area contributed by atoms with Crippen LogP contribution < -0.4 is 16.4 Å². The number of carbonyl (C=O) groups excluding carboxylic acids is 2. The van der Waals surface area contributed by atoms with E-state index in [0.717, 1.165) is 18.0 Å². The van der Waals surface area contributed by atoms with Crippen molar-refractivity contribution in [3.8, 4) is 0 Å². The van der Waals surface area contributed by atoms with Crippen molar-refractivity contribution in [2.45, 2.75) is 19.8 Å². The summed E-state index contributed by atoms with van der Waals surface area (Å²) in [5.41, 5.74) is 5.82. The minimum atomic E-state index is -0.538. The summed E-state index contributed by atoms with van der Waals surface area (Å²) in [4.78, 5) is 22.9. The maximum absolute atomic E-state index is 11.5. The lowest BCUT2D eigenvalue weighted by atomic mass is 10.3. The summed E-state index contributed by atoms with van der Waals surface area (Å²) in [5.74, 6) is -0.439. The normalized spacial score (nSPS) is 10.0. The van der Waals surface area contributed by atoms with E-state index in [-0.39, 0.29) is 17.3 Å². The van der Waals surface area contributed by atoms with E-state index < -0.39 is 5.97 Å². The Morgan fingerprint density at radius 1 is 1.42 bits per heavy atom. The van der Waals surface area contributed by atoms with Gasteiger partial charge in [0.25, 0.3) is 0 Å². The number of nitrogen functional groups attached to an aromatic ring is 1. The highest BCUT2D eigenvalue weighted by Crippen LogP contribution is 2.27. The lowest BCUT2D eigenvalue weighted by molar-refractivity contribution is -0.120. The Bertz CT molecular complexity index is 447. The molecule has 1 aromatic heterocycles. The molecule has 1 aromatic rings. The summed E-state index contributed by atoms with van der Waals surface area (Å²) in [5, 5.41) is 6.26. The summed E-state index contributed by atoms with van der Waals surface area (Å²) < 4.78 is 8.51. The molecule has 0 aliphatic heterocycles. The summed E-state index contributed by atoms with van der Waals surface area (Å²) in [6, 6.07) is 0. The second kappa shape index (κ2) is 7.57. The average Bonchev–Trinajstić information content (AvgIpc) is 2.77. The van der Waals surface area contributed by atoms with Crippen molar-refractivity contribution < 1.29 is 14.3 Å². The second-order valence-corrected chi connectivity index (χ2v) is 4.56. The number of aromatic nitrogens is 1. The lowest BCUT2D eigenvalue weighted by Gasteiger charge is -2.06. The van der Waals surface area contributed by atoms with E-state index in [0.29, 0.717) is 24.5 Å². The molecule has 0 aliphatic rings. The Labute approximate surface area is 115 Å². The molecule has 0 saturated carbocycles. The van der Waals surface area contributed by atoms with Crippen LogP contribution in [0.1, 0.15) is 30.1 Å². The smallest absolute Gasteiger partial charge is 0.344 e. The molecule has 0 radical (unpaired) electrons. The van der Waals surface area contributed by atoms with Crippen molar-refractivity contribution >= 4 is 34.2 Å². The van der Waals surface area contributed by atoms with Crippen molar-refractivity contribution in [3.63, 3.8) is 0 Å². The van der Waals surface area contributed by atoms with Crippen LogP contribution in [0.25, 0.3) is 0 Å². The Morgan fingerprint density at radius 3 is 2.79 bits per heavy atom. The first-order chi connectivity index (χ1) is 9.10. The van der Waals surface area contributed by atoms with E-state index in [1.807, 2.05) is 6.92 Å². The van der Waals surface area contributed by atoms with Crippen LogP contribution in [0.15, 0.2) is 0 Å². The van der Waals surface area contributed by atoms with Gasteiger partial charge in [-0.15, -0.1) is 0 Å². The number of anilines is 2. The molecule has 0 aliphatic carbocycles. The lowest BCUT2D eigenvalue weighted by Crippen LogP contribution is -2.25. The number of carbonyl (C=O) groups is 2. The fraction of sp³-hybridized carbons (Fsp3) is 0.545. The third kappa shape index (κ3) is 4.40. The third-order valence-electron chi connectivity index (χ3n) is 2.32. The van der Waals surface area contributed by atoms with Gasteiger partial charge in [0.15, 0.2) is 5.82 Å². The highest BCUT2D eigenvalue weighted by Gasteiger charge is 2.19. The van der Waals surface area contributed by atoms with E-state index in [1.165, 1.54) is 7.11 Å². The highest BCUT2D eigenvalue weighted by atomic mass is 32.1. The second-order valence-electron chi connectivity index (χ2n) is 3.79. The molecule has 1 amide bonds. The van der Waals surface area contributed by atoms with Gasteiger partial charge in [0.1, 0.15) is 10.6 Å². The van der Waals surface area contributed by atoms with E-state index >= 15 is 0 Å². The molecule has 106 valence electrons. The van der Waals surface area contributed by atoms with Crippen molar-refractivity contribution in [1.29, 1.82) is 0 Å². The van der Waals surface area contributed by atoms with Crippen LogP contribution in [0.5, 0.6) is 0 Å². The predicted molar refractivity (Wildman–Crippen MR) is 74.3 cm³/mol. The fourth-order valence-electron chi connectivity index (χ4n) is 1.36. The van der Waals surface area contributed by atoms with Gasteiger partial charge in [-0.05, 0) is 18.0 Å². The highest BCUT2D eigenvalue weighted by molar-refractivity contribution is 7.11. The van der Waals surface area contributed by atoms with Crippen LogP contribution in [-0.2, 0) is 9.53 Å². The number of amides is 1. The molecular weight excluding hydrogens is 268 g/mol. The number of esters is 1. The van der Waals surface area contributed by atoms with E-state index in [1.54, 1.807) is 0 Å². The number of nitrogens with one attached hydrogen (secondary N) is 2. The van der Waals surface area contributed by atoms with Gasteiger partial charge >= 0.3 is 5.97 Å². The quantitative estimate of drug-likeness (QED) is 0.641. The molecule has 8 heteroatoms. The van der Waals surface area contributed by atoms with Gasteiger partial charge in [0.05, 0.1) is 7.11 Å². The molecule has 0 unspecified atom stereocenters. The van der Waals surface area contributed by atoms with Crippen LogP contribution in [0, 0.1) is 0 Å². The van der Waals surface area contributed by atoms with Gasteiger partial charge < -0.3 is 21.1 Å². The first kappa shape index (κ1) is 15.2. The van der Waals surface area contributed by atoms with E-state index in [2.05, 4.69) is 19.7 Å². The largest absolute Gasteiger partial charge is 0.465 e. The number of nitrogens with zero attached hydrogens (tertiary/aromatic N) is 1. The summed E-state index contributed by atoms with van der Waals surface area (Å²) in [6.07, 6.45) is 1.22. The summed E-state index contributed by atoms with van der Waals surface area (Å²) >= 11 is 1.07. The average molecular weight is 286 g/mol. The van der Waals surface area contributed by atoms with Gasteiger partial charge in [-0.3, -0.25) is 4.79 Å². The molecule has 0 aromatic carbocycles. The maximum atomic E-state index is 11.5. The zero-order valence-corrected chi connectivity index (χ0v) is 11.8. The number of hydrogen-bond acceptors (Lipinski definition) is 7. The molecule has 19 heavy (non-hydrogen) atoms. The molecule has 1 rings (SSSR count). The van der Waals surface area contributed by atoms with Crippen LogP contribution in [0.2, 0.25) is 0 Å². The molecule has 0 spiro atoms. The summed E-state index contributed by atoms with van der Waals surface area (Å²) in [7, 11) is 1.28. The van der Waals surface area contributed by atoms with Gasteiger partial charge in [0.2, 0.25) is 5.91 Å². The van der Waals surface area contributed by atoms with Crippen LogP contribution in [0.4, 0.5) is 10.8 Å². The molecule has 0 atom stereocenters. The Kier molecular flexibility index (Phi) is 6.07. The van der Waals surface area contributed by atoms with Gasteiger partial charge in [-0.25, -0.2) is 4.79 Å². The zero-order valence-electron chi connectivity index (χ0n) is 11.0. The monoisotopic (exact) mass is 286 g/mol. The number of methoxy groups -OCH3 is 1. The van der Waals surface area contributed by atoms with Crippen molar-refractivity contribution in [2.24, 2.45) is 0 Å². The molecule has 0 fully saturated rings. The molecule has 1 heterocycles. The molecule has 0 bridgehead atoms. The third-order valence-corrected chi connectivity index (χ3v) is 3.14. The number of rotatable bonds is 7. The minimum Gasteiger partial charge on any atom is -0.465 e. The van der Waals surface area contributed by atoms with Crippen molar-refractivity contribution in [2.75, 3.05) is 31.2 Å². The fourth-order valence-corrected chi connectivity index (χ4v) is 2.09. The Morgan fingerprint density at radius 2 is 2.16 bits per heavy atom. The van der Waals surface area contributed by atoms with Gasteiger partial charge in [-0.2, -0.15) is 4.37 Å². The number of hydrogen-bond donors (Lipinski definition) is 3. The topological polar surface area (TPSA) is 106 Å². The predicted octanol–water partition coefficient (Wildman–Crippen LogP) is 0.840. The number of nitrogens with two attached hydrogens (primary N) is 1. The Hall–Kier alpha value is -1.83. The molecule has 4 N–H and O–H groups in total. The summed E-state index contributed by atoms with van der Waals surface area (Å²) in [6.45, 7) is 3.06. The maximum Gasteiger partial charge on any atom is 0.344 e. The Balaban J connectivity index is 2.50. The zero-order chi connectivity index (χ0) is 14.3. The molecule has 7 nitrogen and oxygen atoms in total. The number of ether oxygens (including phenoxy) is 1. The first-order valence-corrected chi connectivity index (χ1v) is 6.71. The minimum absolute atomic E-state index is 0.0357. The molecular formula is C11H18N4O3S. The van der Waals surface area contributed by atoms with E-state index in [9.17, 15) is 9.59 Å². The van der Waals surface area contributed by atoms with Gasteiger partial charge in [-0.1, -0.05) is 6.92 Å². The van der Waals surface area contributed by atoms with Crippen LogP contribution >= 0.6 is 11.5 Å². The van der Waals surface area contributed by atoms with Crippen LogP contribution in [-0.4, -0.2) is 36.4 Å². The standard InChI is InChI=1S/C11H18N4O3S/c1-3-5-13-7(16)4-6-14-10-8(11(17)18-2)9(12)15-19-10/h14H,3-6H2,1-2H3,(H2,12,15)(H,13,16). The van der Waals surface area contributed by atoms with Gasteiger partial charge in [0, 0.05) is 19.5 Å². The first-order valence-electron chi connectivity index (χ1n) is 5.94. The molecule has 0 saturated heterocycles. The SMILES string of the molecule is CCCNC(=O)CCNc1snc(N)c1C(=O)OC. The van der Waals surface area contributed by atoms with Crippen molar-refractivity contribution in [3.05, 3.63) is 5.56 Å². The van der Waals surface area contributed by atoms with E-state index in [4.69, 9.17) is 5.73 Å². The van der Waals surface area contributed by atoms with Crippen LogP contribution in [0.3, 0.4) is 0 Å².